The van der Waals surface area contributed by atoms with Crippen molar-refractivity contribution in [3.8, 4) is 0 Å². The molecular formula is C17H21N5O4. The third kappa shape index (κ3) is 3.37. The molecule has 0 spiro atoms. The first-order valence-electron chi connectivity index (χ1n) is 8.57. The van der Waals surface area contributed by atoms with Crippen LogP contribution >= 0.6 is 0 Å². The maximum atomic E-state index is 12.8. The highest BCUT2D eigenvalue weighted by Gasteiger charge is 2.29. The van der Waals surface area contributed by atoms with Crippen molar-refractivity contribution in [1.82, 2.24) is 24.8 Å². The Labute approximate surface area is 150 Å². The van der Waals surface area contributed by atoms with Crippen LogP contribution in [-0.4, -0.2) is 69.6 Å². The van der Waals surface area contributed by atoms with Gasteiger partial charge in [0.15, 0.2) is 0 Å². The highest BCUT2D eigenvalue weighted by Crippen LogP contribution is 2.12. The van der Waals surface area contributed by atoms with E-state index >= 15 is 0 Å². The largest absolute Gasteiger partial charge is 0.450 e. The Morgan fingerprint density at radius 1 is 1.15 bits per heavy atom. The average molecular weight is 359 g/mol. The molecule has 0 aliphatic carbocycles. The van der Waals surface area contributed by atoms with E-state index in [9.17, 15) is 14.4 Å². The fraction of sp³-hybridized carbons (Fsp3) is 0.471. The summed E-state index contributed by atoms with van der Waals surface area (Å²) >= 11 is 0. The summed E-state index contributed by atoms with van der Waals surface area (Å²) in [5, 5.41) is 8.36. The second-order valence-corrected chi connectivity index (χ2v) is 6.04. The van der Waals surface area contributed by atoms with E-state index < -0.39 is 6.04 Å². The van der Waals surface area contributed by atoms with Gasteiger partial charge in [0.25, 0.3) is 5.56 Å². The van der Waals surface area contributed by atoms with E-state index in [-0.39, 0.29) is 17.6 Å². The topological polar surface area (TPSA) is 97.6 Å². The summed E-state index contributed by atoms with van der Waals surface area (Å²) in [6.45, 7) is 5.27. The molecule has 2 aromatic rings. The number of hydrogen-bond donors (Lipinski definition) is 0. The highest BCUT2D eigenvalue weighted by atomic mass is 16.6. The molecule has 1 aliphatic rings. The molecule has 0 bridgehead atoms. The number of carbonyl (C=O) groups is 2. The van der Waals surface area contributed by atoms with Gasteiger partial charge in [0, 0.05) is 26.2 Å². The minimum atomic E-state index is -0.770. The number of aromatic nitrogens is 3. The van der Waals surface area contributed by atoms with E-state index in [0.29, 0.717) is 43.7 Å². The van der Waals surface area contributed by atoms with Crippen LogP contribution in [0.25, 0.3) is 10.9 Å². The number of nitrogens with zero attached hydrogens (tertiary/aromatic N) is 5. The molecule has 9 nitrogen and oxygen atoms in total. The van der Waals surface area contributed by atoms with Gasteiger partial charge in [0.1, 0.15) is 11.6 Å². The Morgan fingerprint density at radius 3 is 2.50 bits per heavy atom. The van der Waals surface area contributed by atoms with E-state index in [1.165, 1.54) is 0 Å². The third-order valence-corrected chi connectivity index (χ3v) is 4.43. The maximum Gasteiger partial charge on any atom is 0.409 e. The van der Waals surface area contributed by atoms with Crippen LogP contribution in [0.2, 0.25) is 0 Å². The van der Waals surface area contributed by atoms with Crippen LogP contribution in [0.5, 0.6) is 0 Å². The number of piperazine rings is 1. The summed E-state index contributed by atoms with van der Waals surface area (Å²) < 4.78 is 6.08. The fourth-order valence-corrected chi connectivity index (χ4v) is 2.95. The summed E-state index contributed by atoms with van der Waals surface area (Å²) in [5.74, 6) is -0.222. The summed E-state index contributed by atoms with van der Waals surface area (Å²) in [6, 6.07) is 6.12. The van der Waals surface area contributed by atoms with E-state index in [4.69, 9.17) is 4.74 Å². The van der Waals surface area contributed by atoms with Gasteiger partial charge in [-0.05, 0) is 26.0 Å². The van der Waals surface area contributed by atoms with Gasteiger partial charge < -0.3 is 14.5 Å². The van der Waals surface area contributed by atoms with Gasteiger partial charge in [-0.25, -0.2) is 4.79 Å². The third-order valence-electron chi connectivity index (χ3n) is 4.43. The van der Waals surface area contributed by atoms with Crippen LogP contribution in [-0.2, 0) is 9.53 Å². The number of amides is 2. The van der Waals surface area contributed by atoms with Crippen LogP contribution in [0.3, 0.4) is 0 Å². The number of ether oxygens (including phenoxy) is 1. The Balaban J connectivity index is 1.72. The number of fused-ring (bicyclic) bond motifs is 1. The van der Waals surface area contributed by atoms with Gasteiger partial charge in [0.2, 0.25) is 5.91 Å². The molecule has 1 unspecified atom stereocenters. The monoisotopic (exact) mass is 359 g/mol. The molecule has 1 aliphatic heterocycles. The normalized spacial score (nSPS) is 15.8. The second kappa shape index (κ2) is 7.51. The summed E-state index contributed by atoms with van der Waals surface area (Å²) in [5.41, 5.74) is 0.151. The molecule has 1 aromatic heterocycles. The highest BCUT2D eigenvalue weighted by molar-refractivity contribution is 5.81. The molecule has 0 radical (unpaired) electrons. The van der Waals surface area contributed by atoms with Crippen molar-refractivity contribution in [2.75, 3.05) is 32.8 Å². The number of hydrogen-bond acceptors (Lipinski definition) is 6. The molecule has 1 aromatic carbocycles. The molecule has 0 N–H and O–H groups in total. The van der Waals surface area contributed by atoms with Gasteiger partial charge in [-0.15, -0.1) is 5.10 Å². The summed E-state index contributed by atoms with van der Waals surface area (Å²) in [4.78, 5) is 40.3. The molecule has 9 heteroatoms. The Bertz CT molecular complexity index is 873. The minimum Gasteiger partial charge on any atom is -0.450 e. The van der Waals surface area contributed by atoms with Gasteiger partial charge in [-0.1, -0.05) is 17.3 Å². The molecule has 1 saturated heterocycles. The van der Waals surface area contributed by atoms with Crippen molar-refractivity contribution in [2.45, 2.75) is 19.9 Å². The van der Waals surface area contributed by atoms with Gasteiger partial charge in [-0.3, -0.25) is 9.59 Å². The summed E-state index contributed by atoms with van der Waals surface area (Å²) in [6.07, 6.45) is -0.371. The molecule has 138 valence electrons. The first-order valence-corrected chi connectivity index (χ1v) is 8.57. The number of benzene rings is 1. The standard InChI is InChI=1S/C17H21N5O4/c1-3-26-17(25)21-10-8-20(9-11-21)15(23)12(2)22-16(24)13-6-4-5-7-14(13)18-19-22/h4-7,12H,3,8-11H2,1-2H3. The zero-order valence-electron chi connectivity index (χ0n) is 14.8. The predicted octanol–water partition coefficient (Wildman–Crippen LogP) is 0.653. The predicted molar refractivity (Wildman–Crippen MR) is 93.7 cm³/mol. The van der Waals surface area contributed by atoms with Crippen molar-refractivity contribution in [3.63, 3.8) is 0 Å². The van der Waals surface area contributed by atoms with Crippen LogP contribution < -0.4 is 5.56 Å². The van der Waals surface area contributed by atoms with E-state index in [2.05, 4.69) is 10.3 Å². The first kappa shape index (κ1) is 17.8. The van der Waals surface area contributed by atoms with Crippen molar-refractivity contribution in [1.29, 1.82) is 0 Å². The first-order chi connectivity index (χ1) is 12.5. The SMILES string of the molecule is CCOC(=O)N1CCN(C(=O)C(C)n2nnc3ccccc3c2=O)CC1. The Kier molecular flexibility index (Phi) is 5.15. The average Bonchev–Trinajstić information content (AvgIpc) is 2.68. The fourth-order valence-electron chi connectivity index (χ4n) is 2.95. The van der Waals surface area contributed by atoms with Crippen molar-refractivity contribution >= 4 is 22.9 Å². The van der Waals surface area contributed by atoms with Crippen LogP contribution in [0.4, 0.5) is 4.79 Å². The number of carbonyl (C=O) groups excluding carboxylic acids is 2. The molecule has 3 rings (SSSR count). The smallest absolute Gasteiger partial charge is 0.409 e. The maximum absolute atomic E-state index is 12.8. The van der Waals surface area contributed by atoms with Crippen molar-refractivity contribution < 1.29 is 14.3 Å². The lowest BCUT2D eigenvalue weighted by Gasteiger charge is -2.35. The van der Waals surface area contributed by atoms with Crippen LogP contribution in [0.15, 0.2) is 29.1 Å². The minimum absolute atomic E-state index is 0.222. The molecule has 1 atom stereocenters. The van der Waals surface area contributed by atoms with Gasteiger partial charge in [-0.2, -0.15) is 4.68 Å². The quantitative estimate of drug-likeness (QED) is 0.798. The second-order valence-electron chi connectivity index (χ2n) is 6.04. The van der Waals surface area contributed by atoms with E-state index in [0.717, 1.165) is 4.68 Å². The molecule has 2 heterocycles. The Morgan fingerprint density at radius 2 is 1.81 bits per heavy atom. The molecule has 0 saturated carbocycles. The van der Waals surface area contributed by atoms with Gasteiger partial charge in [0.05, 0.1) is 12.0 Å². The van der Waals surface area contributed by atoms with Crippen LogP contribution in [0.1, 0.15) is 19.9 Å². The van der Waals surface area contributed by atoms with Crippen molar-refractivity contribution in [2.24, 2.45) is 0 Å². The van der Waals surface area contributed by atoms with Gasteiger partial charge >= 0.3 is 6.09 Å². The zero-order chi connectivity index (χ0) is 18.7. The lowest BCUT2D eigenvalue weighted by Crippen LogP contribution is -2.52. The summed E-state index contributed by atoms with van der Waals surface area (Å²) in [7, 11) is 0. The Hall–Kier alpha value is -2.97. The van der Waals surface area contributed by atoms with E-state index in [1.807, 2.05) is 0 Å². The molecule has 2 amide bonds. The molecule has 26 heavy (non-hydrogen) atoms. The zero-order valence-corrected chi connectivity index (χ0v) is 14.8. The van der Waals surface area contributed by atoms with E-state index in [1.54, 1.807) is 47.9 Å². The molecular weight excluding hydrogens is 338 g/mol. The number of rotatable bonds is 3. The lowest BCUT2D eigenvalue weighted by atomic mass is 10.2. The lowest BCUT2D eigenvalue weighted by molar-refractivity contribution is -0.136. The van der Waals surface area contributed by atoms with Crippen molar-refractivity contribution in [3.05, 3.63) is 34.6 Å². The molecule has 1 fully saturated rings. The van der Waals surface area contributed by atoms with Crippen LogP contribution in [0, 0.1) is 0 Å².